The standard InChI is InChI=1S/C14H16F3N3O/c1-20-11-5-8(4-9(19)7-18)2-3-10(11)12(21)6-13(20)14(15,16)17/h2-3,5-6,9H,4,7,18-19H2,1H3/t9-/m0/s1. The summed E-state index contributed by atoms with van der Waals surface area (Å²) in [4.78, 5) is 11.8. The van der Waals surface area contributed by atoms with Crippen LogP contribution in [0.3, 0.4) is 0 Å². The van der Waals surface area contributed by atoms with Crippen LogP contribution in [0.1, 0.15) is 11.3 Å². The Hall–Kier alpha value is -1.86. The summed E-state index contributed by atoms with van der Waals surface area (Å²) in [6, 6.07) is 5.11. The smallest absolute Gasteiger partial charge is 0.340 e. The van der Waals surface area contributed by atoms with Crippen molar-refractivity contribution in [2.45, 2.75) is 18.6 Å². The summed E-state index contributed by atoms with van der Waals surface area (Å²) in [6.07, 6.45) is -4.14. The number of nitrogens with two attached hydrogens (primary N) is 2. The molecule has 0 saturated carbocycles. The summed E-state index contributed by atoms with van der Waals surface area (Å²) in [6.45, 7) is 0.277. The van der Waals surface area contributed by atoms with Crippen LogP contribution in [0.5, 0.6) is 0 Å². The molecule has 1 heterocycles. The van der Waals surface area contributed by atoms with Gasteiger partial charge in [-0.15, -0.1) is 0 Å². The van der Waals surface area contributed by atoms with Gasteiger partial charge in [-0.25, -0.2) is 0 Å². The molecule has 0 bridgehead atoms. The topological polar surface area (TPSA) is 74.0 Å². The van der Waals surface area contributed by atoms with Gasteiger partial charge in [-0.3, -0.25) is 4.79 Å². The monoisotopic (exact) mass is 299 g/mol. The number of fused-ring (bicyclic) bond motifs is 1. The fourth-order valence-electron chi connectivity index (χ4n) is 2.28. The van der Waals surface area contributed by atoms with E-state index in [1.165, 1.54) is 13.1 Å². The number of hydrogen-bond acceptors (Lipinski definition) is 3. The Labute approximate surface area is 119 Å². The van der Waals surface area contributed by atoms with Crippen molar-refractivity contribution < 1.29 is 13.2 Å². The van der Waals surface area contributed by atoms with E-state index in [4.69, 9.17) is 11.5 Å². The first-order valence-electron chi connectivity index (χ1n) is 6.39. The average molecular weight is 299 g/mol. The van der Waals surface area contributed by atoms with Crippen LogP contribution in [-0.2, 0) is 19.6 Å². The molecule has 7 heteroatoms. The number of nitrogens with zero attached hydrogens (tertiary/aromatic N) is 1. The Bertz CT molecular complexity index is 722. The van der Waals surface area contributed by atoms with E-state index in [0.717, 1.165) is 10.1 Å². The molecule has 114 valence electrons. The minimum Gasteiger partial charge on any atom is -0.340 e. The van der Waals surface area contributed by atoms with Crippen LogP contribution in [0.2, 0.25) is 0 Å². The lowest BCUT2D eigenvalue weighted by molar-refractivity contribution is -0.143. The highest BCUT2D eigenvalue weighted by Gasteiger charge is 2.34. The number of benzene rings is 1. The van der Waals surface area contributed by atoms with Gasteiger partial charge in [0.2, 0.25) is 0 Å². The average Bonchev–Trinajstić information content (AvgIpc) is 2.41. The van der Waals surface area contributed by atoms with Crippen molar-refractivity contribution in [2.75, 3.05) is 6.54 Å². The zero-order valence-corrected chi connectivity index (χ0v) is 11.4. The third kappa shape index (κ3) is 3.08. The Kier molecular flexibility index (Phi) is 4.06. The van der Waals surface area contributed by atoms with Crippen molar-refractivity contribution in [1.29, 1.82) is 0 Å². The molecular formula is C14H16F3N3O. The largest absolute Gasteiger partial charge is 0.431 e. The molecule has 0 radical (unpaired) electrons. The summed E-state index contributed by atoms with van der Waals surface area (Å²) in [5, 5.41) is 0.246. The van der Waals surface area contributed by atoms with E-state index in [0.29, 0.717) is 12.5 Å². The second kappa shape index (κ2) is 5.50. The molecule has 21 heavy (non-hydrogen) atoms. The molecule has 0 amide bonds. The highest BCUT2D eigenvalue weighted by atomic mass is 19.4. The maximum Gasteiger partial charge on any atom is 0.431 e. The third-order valence-electron chi connectivity index (χ3n) is 3.41. The molecule has 1 aromatic heterocycles. The third-order valence-corrected chi connectivity index (χ3v) is 3.41. The lowest BCUT2D eigenvalue weighted by Gasteiger charge is -2.16. The van der Waals surface area contributed by atoms with Crippen molar-refractivity contribution in [3.63, 3.8) is 0 Å². The van der Waals surface area contributed by atoms with Crippen LogP contribution < -0.4 is 16.9 Å². The summed E-state index contributed by atoms with van der Waals surface area (Å²) < 4.78 is 39.8. The molecule has 1 atom stereocenters. The second-order valence-corrected chi connectivity index (χ2v) is 5.00. The fourth-order valence-corrected chi connectivity index (χ4v) is 2.28. The maximum absolute atomic E-state index is 12.9. The van der Waals surface area contributed by atoms with E-state index < -0.39 is 17.3 Å². The quantitative estimate of drug-likeness (QED) is 0.899. The van der Waals surface area contributed by atoms with Crippen molar-refractivity contribution in [3.05, 3.63) is 45.7 Å². The Morgan fingerprint density at radius 2 is 1.95 bits per heavy atom. The summed E-state index contributed by atoms with van der Waals surface area (Å²) >= 11 is 0. The van der Waals surface area contributed by atoms with Crippen LogP contribution in [0.4, 0.5) is 13.2 Å². The van der Waals surface area contributed by atoms with Gasteiger partial charge in [-0.2, -0.15) is 13.2 Å². The number of alkyl halides is 3. The molecule has 4 N–H and O–H groups in total. The summed E-state index contributed by atoms with van der Waals surface area (Å²) in [5.74, 6) is 0. The first kappa shape index (κ1) is 15.5. The van der Waals surface area contributed by atoms with Gasteiger partial charge >= 0.3 is 6.18 Å². The number of halogens is 3. The summed E-state index contributed by atoms with van der Waals surface area (Å²) in [7, 11) is 1.29. The van der Waals surface area contributed by atoms with Gasteiger partial charge in [-0.05, 0) is 24.1 Å². The van der Waals surface area contributed by atoms with Gasteiger partial charge < -0.3 is 16.0 Å². The van der Waals surface area contributed by atoms with Gasteiger partial charge in [-0.1, -0.05) is 6.07 Å². The zero-order chi connectivity index (χ0) is 15.8. The molecule has 0 aliphatic carbocycles. The number of aryl methyl sites for hydroxylation is 1. The number of aromatic nitrogens is 1. The first-order chi connectivity index (χ1) is 9.74. The van der Waals surface area contributed by atoms with Gasteiger partial charge in [0.15, 0.2) is 5.43 Å². The minimum atomic E-state index is -4.58. The molecule has 1 aromatic carbocycles. The van der Waals surface area contributed by atoms with E-state index in [-0.39, 0.29) is 23.5 Å². The number of hydrogen-bond donors (Lipinski definition) is 2. The van der Waals surface area contributed by atoms with Gasteiger partial charge in [0.05, 0.1) is 5.52 Å². The van der Waals surface area contributed by atoms with E-state index in [2.05, 4.69) is 0 Å². The van der Waals surface area contributed by atoms with E-state index in [1.807, 2.05) is 0 Å². The van der Waals surface area contributed by atoms with Gasteiger partial charge in [0.1, 0.15) is 5.69 Å². The molecule has 4 nitrogen and oxygen atoms in total. The highest BCUT2D eigenvalue weighted by molar-refractivity contribution is 5.80. The minimum absolute atomic E-state index is 0.233. The lowest BCUT2D eigenvalue weighted by atomic mass is 10.0. The Morgan fingerprint density at radius 1 is 1.29 bits per heavy atom. The SMILES string of the molecule is Cn1c(C(F)(F)F)cc(=O)c2ccc(C[C@H](N)CN)cc21. The predicted molar refractivity (Wildman–Crippen MR) is 74.9 cm³/mol. The van der Waals surface area contributed by atoms with Gasteiger partial charge in [0, 0.05) is 31.1 Å². The van der Waals surface area contributed by atoms with Gasteiger partial charge in [0.25, 0.3) is 0 Å². The highest BCUT2D eigenvalue weighted by Crippen LogP contribution is 2.29. The predicted octanol–water partition coefficient (Wildman–Crippen LogP) is 1.39. The first-order valence-corrected chi connectivity index (χ1v) is 6.39. The Balaban J connectivity index is 2.65. The normalized spacial score (nSPS) is 13.6. The fraction of sp³-hybridized carbons (Fsp3) is 0.357. The molecule has 0 fully saturated rings. The van der Waals surface area contributed by atoms with Crippen LogP contribution in [0.25, 0.3) is 10.9 Å². The molecule has 0 aliphatic heterocycles. The van der Waals surface area contributed by atoms with Crippen molar-refractivity contribution in [3.8, 4) is 0 Å². The lowest BCUT2D eigenvalue weighted by Crippen LogP contribution is -2.31. The second-order valence-electron chi connectivity index (χ2n) is 5.00. The molecule has 2 aromatic rings. The molecule has 0 aliphatic rings. The summed E-state index contributed by atoms with van der Waals surface area (Å²) in [5.41, 5.74) is 10.5. The molecule has 2 rings (SSSR count). The number of rotatable bonds is 3. The van der Waals surface area contributed by atoms with Crippen molar-refractivity contribution in [2.24, 2.45) is 18.5 Å². The molecule has 0 spiro atoms. The number of pyridine rings is 1. The van der Waals surface area contributed by atoms with E-state index >= 15 is 0 Å². The van der Waals surface area contributed by atoms with Crippen LogP contribution >= 0.6 is 0 Å². The van der Waals surface area contributed by atoms with E-state index in [1.54, 1.807) is 12.1 Å². The van der Waals surface area contributed by atoms with Crippen LogP contribution in [0.15, 0.2) is 29.1 Å². The van der Waals surface area contributed by atoms with Crippen molar-refractivity contribution in [1.82, 2.24) is 4.57 Å². The zero-order valence-electron chi connectivity index (χ0n) is 11.4. The van der Waals surface area contributed by atoms with Crippen LogP contribution in [0, 0.1) is 0 Å². The van der Waals surface area contributed by atoms with Crippen molar-refractivity contribution >= 4 is 10.9 Å². The molecule has 0 saturated heterocycles. The molecular weight excluding hydrogens is 283 g/mol. The molecule has 0 unspecified atom stereocenters. The Morgan fingerprint density at radius 3 is 2.52 bits per heavy atom. The van der Waals surface area contributed by atoms with E-state index in [9.17, 15) is 18.0 Å². The maximum atomic E-state index is 12.9. The van der Waals surface area contributed by atoms with Crippen LogP contribution in [-0.4, -0.2) is 17.2 Å².